The molecule has 1 aliphatic heterocycles. The SMILES string of the molecule is COc1cc([C@@H]2C[C@H](c3ccncc3)C(C)(C)N2)cc(OC)c1OC. The second kappa shape index (κ2) is 6.92. The first-order valence-corrected chi connectivity index (χ1v) is 8.47. The first-order chi connectivity index (χ1) is 12.0. The summed E-state index contributed by atoms with van der Waals surface area (Å²) < 4.78 is 16.4. The molecule has 2 aromatic rings. The van der Waals surface area contributed by atoms with Gasteiger partial charge in [-0.25, -0.2) is 0 Å². The minimum atomic E-state index is -0.0214. The molecule has 1 aliphatic rings. The van der Waals surface area contributed by atoms with Crippen molar-refractivity contribution in [2.45, 2.75) is 37.8 Å². The molecule has 0 amide bonds. The highest BCUT2D eigenvalue weighted by atomic mass is 16.5. The van der Waals surface area contributed by atoms with Gasteiger partial charge in [-0.1, -0.05) is 0 Å². The van der Waals surface area contributed by atoms with E-state index in [2.05, 4.69) is 36.3 Å². The largest absolute Gasteiger partial charge is 0.493 e. The fourth-order valence-corrected chi connectivity index (χ4v) is 3.81. The predicted octanol–water partition coefficient (Wildman–Crippen LogP) is 3.70. The summed E-state index contributed by atoms with van der Waals surface area (Å²) in [6, 6.07) is 8.48. The molecule has 1 aromatic heterocycles. The van der Waals surface area contributed by atoms with E-state index in [0.29, 0.717) is 23.2 Å². The fourth-order valence-electron chi connectivity index (χ4n) is 3.81. The maximum atomic E-state index is 5.50. The monoisotopic (exact) mass is 342 g/mol. The van der Waals surface area contributed by atoms with Crippen molar-refractivity contribution in [1.29, 1.82) is 0 Å². The number of hydrogen-bond acceptors (Lipinski definition) is 5. The molecule has 25 heavy (non-hydrogen) atoms. The van der Waals surface area contributed by atoms with Crippen LogP contribution in [0.5, 0.6) is 17.2 Å². The lowest BCUT2D eigenvalue weighted by molar-refractivity contribution is 0.323. The summed E-state index contributed by atoms with van der Waals surface area (Å²) >= 11 is 0. The third kappa shape index (κ3) is 3.29. The summed E-state index contributed by atoms with van der Waals surface area (Å²) in [6.45, 7) is 4.49. The molecule has 134 valence electrons. The topological polar surface area (TPSA) is 52.6 Å². The molecule has 2 heterocycles. The Morgan fingerprint density at radius 3 is 2.08 bits per heavy atom. The van der Waals surface area contributed by atoms with E-state index < -0.39 is 0 Å². The van der Waals surface area contributed by atoms with Crippen molar-refractivity contribution >= 4 is 0 Å². The van der Waals surface area contributed by atoms with Gasteiger partial charge in [-0.05, 0) is 55.7 Å². The van der Waals surface area contributed by atoms with Gasteiger partial charge in [-0.15, -0.1) is 0 Å². The summed E-state index contributed by atoms with van der Waals surface area (Å²) in [5, 5.41) is 3.76. The summed E-state index contributed by atoms with van der Waals surface area (Å²) in [5.74, 6) is 2.39. The molecule has 1 N–H and O–H groups in total. The van der Waals surface area contributed by atoms with Crippen LogP contribution in [0.3, 0.4) is 0 Å². The Bertz CT molecular complexity index is 706. The summed E-state index contributed by atoms with van der Waals surface area (Å²) in [7, 11) is 4.91. The van der Waals surface area contributed by atoms with Crippen molar-refractivity contribution in [2.75, 3.05) is 21.3 Å². The van der Waals surface area contributed by atoms with E-state index in [1.807, 2.05) is 24.5 Å². The molecule has 0 aliphatic carbocycles. The second-order valence-corrected chi connectivity index (χ2v) is 6.95. The molecule has 1 aromatic carbocycles. The van der Waals surface area contributed by atoms with E-state index in [4.69, 9.17) is 14.2 Å². The van der Waals surface area contributed by atoms with Crippen LogP contribution < -0.4 is 19.5 Å². The van der Waals surface area contributed by atoms with Gasteiger partial charge in [0.05, 0.1) is 21.3 Å². The smallest absolute Gasteiger partial charge is 0.203 e. The van der Waals surface area contributed by atoms with Gasteiger partial charge in [0.1, 0.15) is 0 Å². The van der Waals surface area contributed by atoms with Gasteiger partial charge in [0.15, 0.2) is 11.5 Å². The number of ether oxygens (including phenoxy) is 3. The van der Waals surface area contributed by atoms with Crippen molar-refractivity contribution < 1.29 is 14.2 Å². The highest BCUT2D eigenvalue weighted by Crippen LogP contribution is 2.47. The quantitative estimate of drug-likeness (QED) is 0.898. The van der Waals surface area contributed by atoms with Gasteiger partial charge >= 0.3 is 0 Å². The third-order valence-corrected chi connectivity index (χ3v) is 5.09. The normalized spacial score (nSPS) is 21.8. The number of hydrogen-bond donors (Lipinski definition) is 1. The molecule has 5 nitrogen and oxygen atoms in total. The van der Waals surface area contributed by atoms with E-state index in [9.17, 15) is 0 Å². The van der Waals surface area contributed by atoms with Gasteiger partial charge in [0.2, 0.25) is 5.75 Å². The summed E-state index contributed by atoms with van der Waals surface area (Å²) in [4.78, 5) is 4.14. The lowest BCUT2D eigenvalue weighted by Gasteiger charge is -2.27. The number of rotatable bonds is 5. The molecule has 5 heteroatoms. The van der Waals surface area contributed by atoms with Gasteiger partial charge in [0, 0.05) is 29.9 Å². The average Bonchev–Trinajstić information content (AvgIpc) is 2.96. The third-order valence-electron chi connectivity index (χ3n) is 5.09. The van der Waals surface area contributed by atoms with E-state index >= 15 is 0 Å². The van der Waals surface area contributed by atoms with Crippen LogP contribution in [0.1, 0.15) is 43.4 Å². The van der Waals surface area contributed by atoms with Crippen molar-refractivity contribution in [2.24, 2.45) is 0 Å². The minimum Gasteiger partial charge on any atom is -0.493 e. The van der Waals surface area contributed by atoms with Crippen LogP contribution in [0.4, 0.5) is 0 Å². The molecule has 0 unspecified atom stereocenters. The predicted molar refractivity (Wildman–Crippen MR) is 97.6 cm³/mol. The standard InChI is InChI=1S/C20H26N2O3/c1-20(2)15(13-6-8-21-9-7-13)12-16(22-20)14-10-17(23-3)19(25-5)18(11-14)24-4/h6-11,15-16,22H,12H2,1-5H3/t15-,16+/m1/s1. The Morgan fingerprint density at radius 1 is 0.960 bits per heavy atom. The Morgan fingerprint density at radius 2 is 1.56 bits per heavy atom. The first-order valence-electron chi connectivity index (χ1n) is 8.47. The number of pyridine rings is 1. The zero-order valence-electron chi connectivity index (χ0n) is 15.5. The van der Waals surface area contributed by atoms with Gasteiger partial charge < -0.3 is 19.5 Å². The zero-order chi connectivity index (χ0) is 18.0. The molecular formula is C20H26N2O3. The Balaban J connectivity index is 1.95. The van der Waals surface area contributed by atoms with Crippen LogP contribution in [0.15, 0.2) is 36.7 Å². The Kier molecular flexibility index (Phi) is 4.86. The van der Waals surface area contributed by atoms with Crippen LogP contribution in [0.25, 0.3) is 0 Å². The molecule has 3 rings (SSSR count). The van der Waals surface area contributed by atoms with Crippen molar-refractivity contribution in [3.63, 3.8) is 0 Å². The molecule has 1 fully saturated rings. The molecule has 0 saturated carbocycles. The highest BCUT2D eigenvalue weighted by molar-refractivity contribution is 5.54. The number of benzene rings is 1. The summed E-state index contributed by atoms with van der Waals surface area (Å²) in [5.41, 5.74) is 2.42. The maximum Gasteiger partial charge on any atom is 0.203 e. The van der Waals surface area contributed by atoms with Gasteiger partial charge in [-0.3, -0.25) is 4.98 Å². The number of nitrogens with one attached hydrogen (secondary N) is 1. The second-order valence-electron chi connectivity index (χ2n) is 6.95. The molecule has 0 spiro atoms. The van der Waals surface area contributed by atoms with E-state index in [-0.39, 0.29) is 11.6 Å². The highest BCUT2D eigenvalue weighted by Gasteiger charge is 2.41. The van der Waals surface area contributed by atoms with Gasteiger partial charge in [-0.2, -0.15) is 0 Å². The number of nitrogens with zero attached hydrogens (tertiary/aromatic N) is 1. The fraction of sp³-hybridized carbons (Fsp3) is 0.450. The molecule has 0 radical (unpaired) electrons. The van der Waals surface area contributed by atoms with Crippen molar-refractivity contribution in [3.8, 4) is 17.2 Å². The van der Waals surface area contributed by atoms with E-state index in [0.717, 1.165) is 12.0 Å². The van der Waals surface area contributed by atoms with Crippen molar-refractivity contribution in [3.05, 3.63) is 47.8 Å². The van der Waals surface area contributed by atoms with Crippen molar-refractivity contribution in [1.82, 2.24) is 10.3 Å². The molecule has 2 atom stereocenters. The zero-order valence-corrected chi connectivity index (χ0v) is 15.5. The minimum absolute atomic E-state index is 0.0214. The summed E-state index contributed by atoms with van der Waals surface area (Å²) in [6.07, 6.45) is 4.71. The molecule has 0 bridgehead atoms. The maximum absolute atomic E-state index is 5.50. The Hall–Kier alpha value is -2.27. The molecular weight excluding hydrogens is 316 g/mol. The van der Waals surface area contributed by atoms with E-state index in [1.165, 1.54) is 5.56 Å². The van der Waals surface area contributed by atoms with Crippen LogP contribution in [-0.2, 0) is 0 Å². The lowest BCUT2D eigenvalue weighted by Crippen LogP contribution is -2.37. The number of aromatic nitrogens is 1. The molecule has 1 saturated heterocycles. The Labute approximate surface area is 149 Å². The van der Waals surface area contributed by atoms with Crippen LogP contribution >= 0.6 is 0 Å². The first kappa shape index (κ1) is 17.5. The lowest BCUT2D eigenvalue weighted by atomic mass is 9.83. The van der Waals surface area contributed by atoms with E-state index in [1.54, 1.807) is 21.3 Å². The average molecular weight is 342 g/mol. The van der Waals surface area contributed by atoms with Gasteiger partial charge in [0.25, 0.3) is 0 Å². The van der Waals surface area contributed by atoms with Crippen LogP contribution in [0, 0.1) is 0 Å². The number of methoxy groups -OCH3 is 3. The van der Waals surface area contributed by atoms with Crippen LogP contribution in [-0.4, -0.2) is 31.9 Å². The van der Waals surface area contributed by atoms with Crippen LogP contribution in [0.2, 0.25) is 0 Å².